The zero-order valence-corrected chi connectivity index (χ0v) is 13.6. The molecule has 2 amide bonds. The van der Waals surface area contributed by atoms with Gasteiger partial charge in [0.2, 0.25) is 11.8 Å². The van der Waals surface area contributed by atoms with E-state index in [1.807, 2.05) is 41.8 Å². The fourth-order valence-electron chi connectivity index (χ4n) is 2.67. The quantitative estimate of drug-likeness (QED) is 0.938. The molecule has 5 nitrogen and oxygen atoms in total. The van der Waals surface area contributed by atoms with Crippen LogP contribution in [0.1, 0.15) is 24.3 Å². The van der Waals surface area contributed by atoms with E-state index >= 15 is 0 Å². The molecule has 0 aliphatic carbocycles. The first-order valence-corrected chi connectivity index (χ1v) is 8.36. The van der Waals surface area contributed by atoms with Crippen molar-refractivity contribution in [3.63, 3.8) is 0 Å². The number of fused-ring (bicyclic) bond motifs is 1. The summed E-state index contributed by atoms with van der Waals surface area (Å²) in [6.07, 6.45) is 0.231. The highest BCUT2D eigenvalue weighted by Gasteiger charge is 2.26. The molecule has 0 fully saturated rings. The van der Waals surface area contributed by atoms with Crippen LogP contribution in [0, 0.1) is 0 Å². The predicted molar refractivity (Wildman–Crippen MR) is 89.8 cm³/mol. The summed E-state index contributed by atoms with van der Waals surface area (Å²) < 4.78 is 5.58. The lowest BCUT2D eigenvalue weighted by atomic mass is 10.1. The number of rotatable bonds is 4. The molecule has 1 aromatic carbocycles. The molecule has 0 unspecified atom stereocenters. The Morgan fingerprint density at radius 2 is 2.13 bits per heavy atom. The summed E-state index contributed by atoms with van der Waals surface area (Å²) in [5.41, 5.74) is 0.788. The Morgan fingerprint density at radius 3 is 2.87 bits per heavy atom. The second-order valence-corrected chi connectivity index (χ2v) is 6.31. The van der Waals surface area contributed by atoms with Crippen molar-refractivity contribution in [3.05, 3.63) is 46.7 Å². The van der Waals surface area contributed by atoms with Gasteiger partial charge in [-0.25, -0.2) is 0 Å². The highest BCUT2D eigenvalue weighted by Crippen LogP contribution is 2.32. The Hall–Kier alpha value is -2.34. The Balaban J connectivity index is 1.79. The first-order chi connectivity index (χ1) is 11.1. The van der Waals surface area contributed by atoms with Crippen molar-refractivity contribution in [2.75, 3.05) is 18.1 Å². The van der Waals surface area contributed by atoms with E-state index in [4.69, 9.17) is 4.74 Å². The molecule has 120 valence electrons. The number of nitrogens with one attached hydrogen (secondary N) is 1. The molecule has 2 aromatic rings. The predicted octanol–water partition coefficient (Wildman–Crippen LogP) is 2.74. The Bertz CT molecular complexity index is 700. The van der Waals surface area contributed by atoms with Crippen molar-refractivity contribution >= 4 is 28.8 Å². The third kappa shape index (κ3) is 3.53. The average molecular weight is 330 g/mol. The number of hydrogen-bond donors (Lipinski definition) is 1. The largest absolute Gasteiger partial charge is 0.490 e. The number of para-hydroxylation sites is 2. The van der Waals surface area contributed by atoms with Gasteiger partial charge in [0.15, 0.2) is 0 Å². The number of nitrogens with zero attached hydrogens (tertiary/aromatic N) is 1. The lowest BCUT2D eigenvalue weighted by Crippen LogP contribution is -2.40. The fourth-order valence-corrected chi connectivity index (χ4v) is 3.45. The minimum atomic E-state index is -0.296. The Labute approximate surface area is 138 Å². The summed E-state index contributed by atoms with van der Waals surface area (Å²) in [5.74, 6) is 0.561. The van der Waals surface area contributed by atoms with E-state index in [0.29, 0.717) is 13.2 Å². The van der Waals surface area contributed by atoms with Crippen molar-refractivity contribution in [3.8, 4) is 5.75 Å². The fraction of sp³-hybridized carbons (Fsp3) is 0.294. The van der Waals surface area contributed by atoms with Crippen LogP contribution in [0.15, 0.2) is 41.8 Å². The van der Waals surface area contributed by atoms with Gasteiger partial charge in [0, 0.05) is 11.8 Å². The normalized spacial score (nSPS) is 14.6. The molecule has 0 bridgehead atoms. The van der Waals surface area contributed by atoms with Crippen molar-refractivity contribution in [2.24, 2.45) is 0 Å². The van der Waals surface area contributed by atoms with Crippen LogP contribution in [0.25, 0.3) is 0 Å². The van der Waals surface area contributed by atoms with Crippen LogP contribution in [-0.4, -0.2) is 25.0 Å². The van der Waals surface area contributed by atoms with Gasteiger partial charge in [-0.15, -0.1) is 11.3 Å². The van der Waals surface area contributed by atoms with Gasteiger partial charge in [-0.1, -0.05) is 18.2 Å². The van der Waals surface area contributed by atoms with E-state index in [1.54, 1.807) is 4.90 Å². The van der Waals surface area contributed by atoms with Crippen LogP contribution < -0.4 is 15.0 Å². The maximum atomic E-state index is 12.8. The van der Waals surface area contributed by atoms with Gasteiger partial charge in [-0.3, -0.25) is 9.59 Å². The molecule has 23 heavy (non-hydrogen) atoms. The lowest BCUT2D eigenvalue weighted by Gasteiger charge is -2.30. The van der Waals surface area contributed by atoms with Crippen molar-refractivity contribution in [1.29, 1.82) is 0 Å². The van der Waals surface area contributed by atoms with Crippen LogP contribution in [0.5, 0.6) is 5.75 Å². The number of amides is 2. The maximum Gasteiger partial charge on any atom is 0.229 e. The number of carbonyl (C=O) groups is 2. The average Bonchev–Trinajstić information content (AvgIpc) is 3.07. The van der Waals surface area contributed by atoms with Gasteiger partial charge in [0.05, 0.1) is 24.7 Å². The first-order valence-electron chi connectivity index (χ1n) is 7.48. The van der Waals surface area contributed by atoms with Crippen molar-refractivity contribution in [1.82, 2.24) is 5.32 Å². The minimum absolute atomic E-state index is 0.0205. The van der Waals surface area contributed by atoms with E-state index in [-0.39, 0.29) is 24.3 Å². The van der Waals surface area contributed by atoms with Gasteiger partial charge >= 0.3 is 0 Å². The minimum Gasteiger partial charge on any atom is -0.490 e. The molecule has 6 heteroatoms. The van der Waals surface area contributed by atoms with Gasteiger partial charge < -0.3 is 15.0 Å². The number of ether oxygens (including phenoxy) is 1. The molecule has 0 saturated heterocycles. The van der Waals surface area contributed by atoms with Gasteiger partial charge in [-0.05, 0) is 23.6 Å². The molecular formula is C17H18N2O3S. The zero-order chi connectivity index (χ0) is 16.2. The molecule has 3 rings (SSSR count). The highest BCUT2D eigenvalue weighted by molar-refractivity contribution is 7.10. The number of thiophene rings is 1. The summed E-state index contributed by atoms with van der Waals surface area (Å²) in [5, 5.41) is 4.81. The van der Waals surface area contributed by atoms with Crippen LogP contribution >= 0.6 is 11.3 Å². The van der Waals surface area contributed by atoms with Crippen LogP contribution in [-0.2, 0) is 9.59 Å². The molecular weight excluding hydrogens is 312 g/mol. The lowest BCUT2D eigenvalue weighted by molar-refractivity contribution is -0.121. The maximum absolute atomic E-state index is 12.8. The molecule has 2 heterocycles. The second-order valence-electron chi connectivity index (χ2n) is 5.33. The zero-order valence-electron chi connectivity index (χ0n) is 12.8. The van der Waals surface area contributed by atoms with Crippen molar-refractivity contribution < 1.29 is 14.3 Å². The third-order valence-corrected chi connectivity index (χ3v) is 4.66. The molecule has 1 atom stereocenters. The monoisotopic (exact) mass is 330 g/mol. The van der Waals surface area contributed by atoms with Crippen LogP contribution in [0.4, 0.5) is 5.69 Å². The Kier molecular flexibility index (Phi) is 4.62. The summed E-state index contributed by atoms with van der Waals surface area (Å²) in [6, 6.07) is 11.1. The molecule has 0 saturated carbocycles. The topological polar surface area (TPSA) is 58.6 Å². The number of anilines is 1. The molecule has 1 N–H and O–H groups in total. The van der Waals surface area contributed by atoms with Crippen molar-refractivity contribution in [2.45, 2.75) is 19.4 Å². The van der Waals surface area contributed by atoms with Gasteiger partial charge in [0.1, 0.15) is 12.4 Å². The third-order valence-electron chi connectivity index (χ3n) is 3.67. The number of carbonyl (C=O) groups excluding carboxylic acids is 2. The first kappa shape index (κ1) is 15.6. The van der Waals surface area contributed by atoms with Gasteiger partial charge in [-0.2, -0.15) is 0 Å². The van der Waals surface area contributed by atoms with Crippen LogP contribution in [0.2, 0.25) is 0 Å². The summed E-state index contributed by atoms with van der Waals surface area (Å²) in [7, 11) is 0. The molecule has 1 aliphatic heterocycles. The SMILES string of the molecule is CC(=O)N[C@@H](CC(=O)N1CCOc2ccccc21)c1cccs1. The molecule has 1 aromatic heterocycles. The second kappa shape index (κ2) is 6.83. The summed E-state index contributed by atoms with van der Waals surface area (Å²) >= 11 is 1.54. The standard InChI is InChI=1S/C17H18N2O3S/c1-12(20)18-13(16-7-4-10-23-16)11-17(21)19-8-9-22-15-6-3-2-5-14(15)19/h2-7,10,13H,8-9,11H2,1H3,(H,18,20)/t13-/m0/s1. The highest BCUT2D eigenvalue weighted by atomic mass is 32.1. The van der Waals surface area contributed by atoms with E-state index in [1.165, 1.54) is 18.3 Å². The summed E-state index contributed by atoms with van der Waals surface area (Å²) in [4.78, 5) is 26.9. The smallest absolute Gasteiger partial charge is 0.229 e. The summed E-state index contributed by atoms with van der Waals surface area (Å²) in [6.45, 7) is 2.47. The van der Waals surface area contributed by atoms with E-state index < -0.39 is 0 Å². The number of hydrogen-bond acceptors (Lipinski definition) is 4. The Morgan fingerprint density at radius 1 is 1.30 bits per heavy atom. The van der Waals surface area contributed by atoms with E-state index in [2.05, 4.69) is 5.32 Å². The number of benzene rings is 1. The molecule has 1 aliphatic rings. The van der Waals surface area contributed by atoms with Gasteiger partial charge in [0.25, 0.3) is 0 Å². The van der Waals surface area contributed by atoms with E-state index in [9.17, 15) is 9.59 Å². The molecule has 0 spiro atoms. The van der Waals surface area contributed by atoms with E-state index in [0.717, 1.165) is 16.3 Å². The molecule has 0 radical (unpaired) electrons. The van der Waals surface area contributed by atoms with Crippen LogP contribution in [0.3, 0.4) is 0 Å².